The molecule has 0 aromatic carbocycles. The van der Waals surface area contributed by atoms with E-state index >= 15 is 0 Å². The first-order chi connectivity index (χ1) is 11.5. The third-order valence-electron chi connectivity index (χ3n) is 4.42. The van der Waals surface area contributed by atoms with Crippen LogP contribution in [-0.2, 0) is 0 Å². The second-order valence-electron chi connectivity index (χ2n) is 6.79. The molecule has 0 spiro atoms. The lowest BCUT2D eigenvalue weighted by Crippen LogP contribution is -2.16. The number of hydrogen-bond acceptors (Lipinski definition) is 4. The van der Waals surface area contributed by atoms with Crippen molar-refractivity contribution in [2.45, 2.75) is 58.4 Å². The predicted molar refractivity (Wildman–Crippen MR) is 99.8 cm³/mol. The molecule has 1 N–H and O–H groups in total. The third-order valence-corrected chi connectivity index (χ3v) is 4.42. The average Bonchev–Trinajstić information content (AvgIpc) is 2.60. The monoisotopic (exact) mass is 327 g/mol. The lowest BCUT2D eigenvalue weighted by atomic mass is 9.96. The summed E-state index contributed by atoms with van der Waals surface area (Å²) < 4.78 is 5.11. The van der Waals surface area contributed by atoms with Gasteiger partial charge in [0.15, 0.2) is 0 Å². The summed E-state index contributed by atoms with van der Waals surface area (Å²) >= 11 is 0. The highest BCUT2D eigenvalue weighted by Crippen LogP contribution is 2.23. The molecule has 0 aliphatic rings. The number of nitrogens with one attached hydrogen (secondary N) is 1. The van der Waals surface area contributed by atoms with Crippen LogP contribution in [-0.4, -0.2) is 23.1 Å². The SMILES string of the molecule is COc1ccc(C(C)CCC(C)Nc2ccc(C(C)C)cn2)cn1. The molecule has 0 saturated heterocycles. The molecule has 24 heavy (non-hydrogen) atoms. The molecule has 2 unspecified atom stereocenters. The molecule has 2 aromatic rings. The van der Waals surface area contributed by atoms with Gasteiger partial charge in [0.2, 0.25) is 5.88 Å². The fraction of sp³-hybridized carbons (Fsp3) is 0.500. The van der Waals surface area contributed by atoms with Crippen LogP contribution in [0.3, 0.4) is 0 Å². The Morgan fingerprint density at radius 1 is 0.917 bits per heavy atom. The molecule has 4 heteroatoms. The highest BCUT2D eigenvalue weighted by atomic mass is 16.5. The largest absolute Gasteiger partial charge is 0.481 e. The Labute approximate surface area is 145 Å². The van der Waals surface area contributed by atoms with Crippen LogP contribution in [0.1, 0.15) is 63.5 Å². The molecule has 4 nitrogen and oxygen atoms in total. The summed E-state index contributed by atoms with van der Waals surface area (Å²) in [5, 5.41) is 3.49. The van der Waals surface area contributed by atoms with Gasteiger partial charge in [-0.15, -0.1) is 0 Å². The van der Waals surface area contributed by atoms with Gasteiger partial charge in [-0.3, -0.25) is 0 Å². The van der Waals surface area contributed by atoms with E-state index in [4.69, 9.17) is 4.74 Å². The highest BCUT2D eigenvalue weighted by molar-refractivity contribution is 5.37. The summed E-state index contributed by atoms with van der Waals surface area (Å²) in [6.45, 7) is 8.81. The molecular formula is C20H29N3O. The molecule has 2 atom stereocenters. The van der Waals surface area contributed by atoms with Gasteiger partial charge in [-0.25, -0.2) is 9.97 Å². The number of nitrogens with zero attached hydrogens (tertiary/aromatic N) is 2. The Hall–Kier alpha value is -2.10. The second kappa shape index (κ2) is 8.67. The lowest BCUT2D eigenvalue weighted by molar-refractivity contribution is 0.397. The Morgan fingerprint density at radius 3 is 2.17 bits per heavy atom. The maximum absolute atomic E-state index is 5.11. The molecule has 0 fully saturated rings. The molecule has 0 aliphatic carbocycles. The van der Waals surface area contributed by atoms with Gasteiger partial charge < -0.3 is 10.1 Å². The topological polar surface area (TPSA) is 47.0 Å². The van der Waals surface area contributed by atoms with Gasteiger partial charge in [0.25, 0.3) is 0 Å². The zero-order chi connectivity index (χ0) is 17.5. The van der Waals surface area contributed by atoms with Gasteiger partial charge in [-0.1, -0.05) is 32.9 Å². The van der Waals surface area contributed by atoms with Crippen LogP contribution < -0.4 is 10.1 Å². The zero-order valence-electron chi connectivity index (χ0n) is 15.4. The summed E-state index contributed by atoms with van der Waals surface area (Å²) in [5.74, 6) is 2.61. The molecule has 0 amide bonds. The summed E-state index contributed by atoms with van der Waals surface area (Å²) in [5.41, 5.74) is 2.52. The summed E-state index contributed by atoms with van der Waals surface area (Å²) in [6, 6.07) is 8.63. The molecule has 0 bridgehead atoms. The molecule has 0 radical (unpaired) electrons. The van der Waals surface area contributed by atoms with Crippen molar-refractivity contribution < 1.29 is 4.74 Å². The maximum atomic E-state index is 5.11. The third kappa shape index (κ3) is 5.22. The van der Waals surface area contributed by atoms with Crippen LogP contribution in [0, 0.1) is 0 Å². The lowest BCUT2D eigenvalue weighted by Gasteiger charge is -2.18. The van der Waals surface area contributed by atoms with E-state index in [9.17, 15) is 0 Å². The van der Waals surface area contributed by atoms with Crippen LogP contribution in [0.5, 0.6) is 5.88 Å². The van der Waals surface area contributed by atoms with Gasteiger partial charge in [0.05, 0.1) is 7.11 Å². The predicted octanol–water partition coefficient (Wildman–Crippen LogP) is 4.99. The van der Waals surface area contributed by atoms with E-state index in [0.717, 1.165) is 18.7 Å². The van der Waals surface area contributed by atoms with E-state index in [1.807, 2.05) is 18.5 Å². The maximum Gasteiger partial charge on any atom is 0.212 e. The Kier molecular flexibility index (Phi) is 6.59. The Bertz CT molecular complexity index is 608. The molecule has 2 rings (SSSR count). The van der Waals surface area contributed by atoms with E-state index in [2.05, 4.69) is 61.2 Å². The zero-order valence-corrected chi connectivity index (χ0v) is 15.4. The van der Waals surface area contributed by atoms with E-state index in [0.29, 0.717) is 23.8 Å². The number of methoxy groups -OCH3 is 1. The van der Waals surface area contributed by atoms with Crippen LogP contribution in [0.4, 0.5) is 5.82 Å². The van der Waals surface area contributed by atoms with Gasteiger partial charge in [0, 0.05) is 24.5 Å². The van der Waals surface area contributed by atoms with Crippen molar-refractivity contribution in [1.82, 2.24) is 9.97 Å². The fourth-order valence-corrected chi connectivity index (χ4v) is 2.63. The first-order valence-electron chi connectivity index (χ1n) is 8.72. The summed E-state index contributed by atoms with van der Waals surface area (Å²) in [6.07, 6.45) is 6.06. The van der Waals surface area contributed by atoms with Crippen molar-refractivity contribution in [2.75, 3.05) is 12.4 Å². The van der Waals surface area contributed by atoms with Crippen LogP contribution in [0.2, 0.25) is 0 Å². The van der Waals surface area contributed by atoms with Crippen molar-refractivity contribution in [1.29, 1.82) is 0 Å². The second-order valence-corrected chi connectivity index (χ2v) is 6.79. The Morgan fingerprint density at radius 2 is 1.62 bits per heavy atom. The number of rotatable bonds is 8. The average molecular weight is 327 g/mol. The van der Waals surface area contributed by atoms with Crippen LogP contribution >= 0.6 is 0 Å². The van der Waals surface area contributed by atoms with Gasteiger partial charge in [-0.2, -0.15) is 0 Å². The number of pyridine rings is 2. The highest BCUT2D eigenvalue weighted by Gasteiger charge is 2.10. The standard InChI is InChI=1S/C20H29N3O/c1-14(2)17-8-10-19(21-12-17)23-16(4)7-6-15(3)18-9-11-20(24-5)22-13-18/h8-16H,6-7H2,1-5H3,(H,21,23). The molecule has 2 aromatic heterocycles. The van der Waals surface area contributed by atoms with Gasteiger partial charge in [-0.05, 0) is 48.8 Å². The number of ether oxygens (including phenoxy) is 1. The number of anilines is 1. The van der Waals surface area contributed by atoms with E-state index in [-0.39, 0.29) is 0 Å². The first-order valence-corrected chi connectivity index (χ1v) is 8.72. The van der Waals surface area contributed by atoms with E-state index in [1.54, 1.807) is 7.11 Å². The van der Waals surface area contributed by atoms with Crippen LogP contribution in [0.25, 0.3) is 0 Å². The molecule has 2 heterocycles. The molecule has 0 saturated carbocycles. The minimum Gasteiger partial charge on any atom is -0.481 e. The number of aromatic nitrogens is 2. The summed E-state index contributed by atoms with van der Waals surface area (Å²) in [7, 11) is 1.64. The molecular weight excluding hydrogens is 298 g/mol. The van der Waals surface area contributed by atoms with Crippen molar-refractivity contribution in [3.63, 3.8) is 0 Å². The van der Waals surface area contributed by atoms with Crippen LogP contribution in [0.15, 0.2) is 36.7 Å². The first kappa shape index (κ1) is 18.2. The fourth-order valence-electron chi connectivity index (χ4n) is 2.63. The quantitative estimate of drug-likeness (QED) is 0.741. The molecule has 0 aliphatic heterocycles. The van der Waals surface area contributed by atoms with Gasteiger partial charge >= 0.3 is 0 Å². The van der Waals surface area contributed by atoms with Crippen molar-refractivity contribution in [3.8, 4) is 5.88 Å². The number of hydrogen-bond donors (Lipinski definition) is 1. The normalized spacial score (nSPS) is 13.6. The smallest absolute Gasteiger partial charge is 0.212 e. The molecule has 130 valence electrons. The van der Waals surface area contributed by atoms with E-state index < -0.39 is 0 Å². The Balaban J connectivity index is 1.82. The van der Waals surface area contributed by atoms with Crippen molar-refractivity contribution in [3.05, 3.63) is 47.8 Å². The minimum atomic E-state index is 0.385. The van der Waals surface area contributed by atoms with Crippen molar-refractivity contribution >= 4 is 5.82 Å². The van der Waals surface area contributed by atoms with Crippen molar-refractivity contribution in [2.24, 2.45) is 0 Å². The van der Waals surface area contributed by atoms with Gasteiger partial charge in [0.1, 0.15) is 5.82 Å². The summed E-state index contributed by atoms with van der Waals surface area (Å²) in [4.78, 5) is 8.80. The minimum absolute atomic E-state index is 0.385. The van der Waals surface area contributed by atoms with E-state index in [1.165, 1.54) is 11.1 Å².